The molecule has 2 aliphatic carbocycles. The van der Waals surface area contributed by atoms with Gasteiger partial charge in [-0.1, -0.05) is 0 Å². The fourth-order valence-corrected chi connectivity index (χ4v) is 1.83. The molecule has 1 aromatic heterocycles. The summed E-state index contributed by atoms with van der Waals surface area (Å²) in [5, 5.41) is 3.50. The number of pyridine rings is 1. The van der Waals surface area contributed by atoms with Crippen molar-refractivity contribution in [2.24, 2.45) is 0 Å². The Morgan fingerprint density at radius 2 is 2.19 bits per heavy atom. The Hall–Kier alpha value is -1.09. The smallest absolute Gasteiger partial charge is 0.213 e. The van der Waals surface area contributed by atoms with Crippen molar-refractivity contribution in [3.8, 4) is 5.88 Å². The molecule has 86 valence electrons. The molecule has 0 aliphatic heterocycles. The lowest BCUT2D eigenvalue weighted by Crippen LogP contribution is -2.25. The zero-order chi connectivity index (χ0) is 10.8. The molecule has 0 bridgehead atoms. The van der Waals surface area contributed by atoms with Gasteiger partial charge in [0.1, 0.15) is 6.10 Å². The van der Waals surface area contributed by atoms with E-state index in [4.69, 9.17) is 4.74 Å². The summed E-state index contributed by atoms with van der Waals surface area (Å²) in [6.45, 7) is 0.939. The monoisotopic (exact) mass is 218 g/mol. The van der Waals surface area contributed by atoms with E-state index in [1.807, 2.05) is 6.20 Å². The van der Waals surface area contributed by atoms with Crippen LogP contribution in [0.4, 0.5) is 0 Å². The van der Waals surface area contributed by atoms with Crippen molar-refractivity contribution >= 4 is 0 Å². The first-order valence-electron chi connectivity index (χ1n) is 6.25. The van der Waals surface area contributed by atoms with Crippen LogP contribution < -0.4 is 10.1 Å². The SMILES string of the molecule is c1cc(CNC2CC2)cc(OC2CCC2)n1. The van der Waals surface area contributed by atoms with Gasteiger partial charge in [0.25, 0.3) is 0 Å². The maximum Gasteiger partial charge on any atom is 0.213 e. The summed E-state index contributed by atoms with van der Waals surface area (Å²) >= 11 is 0. The summed E-state index contributed by atoms with van der Waals surface area (Å²) < 4.78 is 5.77. The third kappa shape index (κ3) is 2.53. The van der Waals surface area contributed by atoms with Gasteiger partial charge in [-0.2, -0.15) is 0 Å². The molecule has 0 aromatic carbocycles. The van der Waals surface area contributed by atoms with E-state index in [9.17, 15) is 0 Å². The summed E-state index contributed by atoms with van der Waals surface area (Å²) in [6, 6.07) is 4.88. The van der Waals surface area contributed by atoms with E-state index in [2.05, 4.69) is 22.4 Å². The number of nitrogens with one attached hydrogen (secondary N) is 1. The summed E-state index contributed by atoms with van der Waals surface area (Å²) in [4.78, 5) is 4.25. The van der Waals surface area contributed by atoms with Crippen molar-refractivity contribution < 1.29 is 4.74 Å². The summed E-state index contributed by atoms with van der Waals surface area (Å²) in [5.74, 6) is 0.791. The van der Waals surface area contributed by atoms with Crippen LogP contribution in [0.1, 0.15) is 37.7 Å². The van der Waals surface area contributed by atoms with Crippen LogP contribution in [0.5, 0.6) is 5.88 Å². The standard InChI is InChI=1S/C13H18N2O/c1-2-12(3-1)16-13-8-10(6-7-14-13)9-15-11-4-5-11/h6-8,11-12,15H,1-5,9H2. The quantitative estimate of drug-likeness (QED) is 0.823. The topological polar surface area (TPSA) is 34.1 Å². The Labute approximate surface area is 96.2 Å². The van der Waals surface area contributed by atoms with E-state index in [-0.39, 0.29) is 0 Å². The maximum absolute atomic E-state index is 5.77. The van der Waals surface area contributed by atoms with Crippen LogP contribution >= 0.6 is 0 Å². The summed E-state index contributed by atoms with van der Waals surface area (Å²) in [5.41, 5.74) is 1.27. The number of hydrogen-bond donors (Lipinski definition) is 1. The van der Waals surface area contributed by atoms with E-state index in [0.717, 1.165) is 18.5 Å². The van der Waals surface area contributed by atoms with Crippen LogP contribution in [-0.4, -0.2) is 17.1 Å². The molecule has 2 saturated carbocycles. The zero-order valence-electron chi connectivity index (χ0n) is 9.48. The van der Waals surface area contributed by atoms with Gasteiger partial charge in [-0.3, -0.25) is 0 Å². The summed E-state index contributed by atoms with van der Waals surface area (Å²) in [6.07, 6.45) is 8.59. The molecule has 1 N–H and O–H groups in total. The average Bonchev–Trinajstić information content (AvgIpc) is 3.05. The number of rotatable bonds is 5. The van der Waals surface area contributed by atoms with Gasteiger partial charge < -0.3 is 10.1 Å². The van der Waals surface area contributed by atoms with Gasteiger partial charge >= 0.3 is 0 Å². The molecular weight excluding hydrogens is 200 g/mol. The number of nitrogens with zero attached hydrogens (tertiary/aromatic N) is 1. The molecule has 1 aromatic rings. The van der Waals surface area contributed by atoms with Gasteiger partial charge in [0, 0.05) is 24.8 Å². The Morgan fingerprint density at radius 1 is 1.31 bits per heavy atom. The highest BCUT2D eigenvalue weighted by molar-refractivity contribution is 5.21. The van der Waals surface area contributed by atoms with E-state index in [1.165, 1.54) is 37.7 Å². The molecule has 2 fully saturated rings. The van der Waals surface area contributed by atoms with Crippen molar-refractivity contribution in [1.82, 2.24) is 10.3 Å². The average molecular weight is 218 g/mol. The minimum Gasteiger partial charge on any atom is -0.474 e. The molecule has 0 amide bonds. The van der Waals surface area contributed by atoms with Gasteiger partial charge in [0.15, 0.2) is 0 Å². The second-order valence-corrected chi connectivity index (χ2v) is 4.83. The molecule has 3 heteroatoms. The van der Waals surface area contributed by atoms with Gasteiger partial charge in [-0.05, 0) is 43.7 Å². The fraction of sp³-hybridized carbons (Fsp3) is 0.615. The van der Waals surface area contributed by atoms with Gasteiger partial charge in [-0.25, -0.2) is 4.98 Å². The Kier molecular flexibility index (Phi) is 2.79. The lowest BCUT2D eigenvalue weighted by atomic mass is 9.96. The Balaban J connectivity index is 1.57. The lowest BCUT2D eigenvalue weighted by molar-refractivity contribution is 0.114. The molecule has 0 unspecified atom stereocenters. The molecular formula is C13H18N2O. The van der Waals surface area contributed by atoms with Crippen LogP contribution in [0.3, 0.4) is 0 Å². The first-order chi connectivity index (χ1) is 7.90. The van der Waals surface area contributed by atoms with Crippen LogP contribution in [0.25, 0.3) is 0 Å². The van der Waals surface area contributed by atoms with E-state index in [1.54, 1.807) is 0 Å². The predicted molar refractivity (Wildman–Crippen MR) is 62.4 cm³/mol. The third-order valence-corrected chi connectivity index (χ3v) is 3.31. The van der Waals surface area contributed by atoms with E-state index < -0.39 is 0 Å². The second kappa shape index (κ2) is 4.42. The van der Waals surface area contributed by atoms with Gasteiger partial charge in [0.05, 0.1) is 0 Å². The number of aromatic nitrogens is 1. The maximum atomic E-state index is 5.77. The van der Waals surface area contributed by atoms with Crippen molar-refractivity contribution in [2.75, 3.05) is 0 Å². The van der Waals surface area contributed by atoms with Crippen LogP contribution in [-0.2, 0) is 6.54 Å². The molecule has 0 spiro atoms. The molecule has 0 atom stereocenters. The molecule has 16 heavy (non-hydrogen) atoms. The predicted octanol–water partition coefficient (Wildman–Crippen LogP) is 2.26. The number of hydrogen-bond acceptors (Lipinski definition) is 3. The van der Waals surface area contributed by atoms with E-state index in [0.29, 0.717) is 6.10 Å². The molecule has 0 radical (unpaired) electrons. The molecule has 1 heterocycles. The van der Waals surface area contributed by atoms with Crippen molar-refractivity contribution in [3.63, 3.8) is 0 Å². The van der Waals surface area contributed by atoms with Crippen molar-refractivity contribution in [1.29, 1.82) is 0 Å². The molecule has 2 aliphatic rings. The van der Waals surface area contributed by atoms with Crippen LogP contribution in [0.15, 0.2) is 18.3 Å². The minimum absolute atomic E-state index is 0.416. The van der Waals surface area contributed by atoms with Crippen molar-refractivity contribution in [2.45, 2.75) is 50.8 Å². The first-order valence-corrected chi connectivity index (χ1v) is 6.25. The second-order valence-electron chi connectivity index (χ2n) is 4.83. The highest BCUT2D eigenvalue weighted by Crippen LogP contribution is 2.24. The molecule has 3 nitrogen and oxygen atoms in total. The van der Waals surface area contributed by atoms with Crippen molar-refractivity contribution in [3.05, 3.63) is 23.9 Å². The Bertz CT molecular complexity index is 359. The number of ether oxygens (including phenoxy) is 1. The Morgan fingerprint density at radius 3 is 2.88 bits per heavy atom. The normalized spacial score (nSPS) is 20.5. The molecule has 3 rings (SSSR count). The van der Waals surface area contributed by atoms with Crippen LogP contribution in [0.2, 0.25) is 0 Å². The highest BCUT2D eigenvalue weighted by atomic mass is 16.5. The molecule has 0 saturated heterocycles. The first kappa shape index (κ1) is 10.1. The van der Waals surface area contributed by atoms with E-state index >= 15 is 0 Å². The largest absolute Gasteiger partial charge is 0.474 e. The highest BCUT2D eigenvalue weighted by Gasteiger charge is 2.21. The summed E-state index contributed by atoms with van der Waals surface area (Å²) in [7, 11) is 0. The van der Waals surface area contributed by atoms with Gasteiger partial charge in [-0.15, -0.1) is 0 Å². The fourth-order valence-electron chi connectivity index (χ4n) is 1.83. The lowest BCUT2D eigenvalue weighted by Gasteiger charge is -2.25. The van der Waals surface area contributed by atoms with Gasteiger partial charge in [0.2, 0.25) is 5.88 Å². The zero-order valence-corrected chi connectivity index (χ0v) is 9.48. The van der Waals surface area contributed by atoms with Crippen LogP contribution in [0, 0.1) is 0 Å². The third-order valence-electron chi connectivity index (χ3n) is 3.31. The minimum atomic E-state index is 0.416.